The fourth-order valence-corrected chi connectivity index (χ4v) is 2.23. The summed E-state index contributed by atoms with van der Waals surface area (Å²) in [6, 6.07) is 2.02. The van der Waals surface area contributed by atoms with E-state index in [9.17, 15) is 0 Å². The zero-order chi connectivity index (χ0) is 13.4. The number of aryl methyl sites for hydroxylation is 2. The molecule has 0 saturated heterocycles. The molecule has 96 valence electrons. The van der Waals surface area contributed by atoms with E-state index in [2.05, 4.69) is 5.10 Å². The number of halogens is 1. The van der Waals surface area contributed by atoms with Crippen LogP contribution in [-0.2, 0) is 7.05 Å². The van der Waals surface area contributed by atoms with E-state index >= 15 is 0 Å². The first-order valence-electron chi connectivity index (χ1n) is 5.59. The van der Waals surface area contributed by atoms with E-state index in [1.807, 2.05) is 19.9 Å². The van der Waals surface area contributed by atoms with Gasteiger partial charge in [0.15, 0.2) is 0 Å². The van der Waals surface area contributed by atoms with Gasteiger partial charge in [-0.05, 0) is 31.0 Å². The average molecular weight is 266 g/mol. The van der Waals surface area contributed by atoms with Crippen molar-refractivity contribution in [1.29, 1.82) is 0 Å². The molecule has 1 aromatic heterocycles. The van der Waals surface area contributed by atoms with Gasteiger partial charge in [-0.1, -0.05) is 11.6 Å². The van der Waals surface area contributed by atoms with Crippen LogP contribution >= 0.6 is 11.6 Å². The van der Waals surface area contributed by atoms with E-state index in [0.717, 1.165) is 22.3 Å². The number of nitrogens with zero attached hydrogens (tertiary/aromatic N) is 2. The minimum absolute atomic E-state index is 0.590. The Morgan fingerprint density at radius 1 is 1.33 bits per heavy atom. The molecular weight excluding hydrogens is 250 g/mol. The molecule has 4 nitrogen and oxygen atoms in total. The first-order chi connectivity index (χ1) is 8.47. The van der Waals surface area contributed by atoms with Crippen LogP contribution in [0.5, 0.6) is 5.75 Å². The van der Waals surface area contributed by atoms with Crippen LogP contribution < -0.4 is 10.5 Å². The van der Waals surface area contributed by atoms with Crippen molar-refractivity contribution < 1.29 is 4.74 Å². The highest BCUT2D eigenvalue weighted by Gasteiger charge is 2.18. The van der Waals surface area contributed by atoms with Crippen molar-refractivity contribution >= 4 is 17.4 Å². The fraction of sp³-hybridized carbons (Fsp3) is 0.308. The van der Waals surface area contributed by atoms with E-state index in [1.54, 1.807) is 25.0 Å². The van der Waals surface area contributed by atoms with Gasteiger partial charge in [0, 0.05) is 18.2 Å². The van der Waals surface area contributed by atoms with E-state index < -0.39 is 0 Å². The van der Waals surface area contributed by atoms with Gasteiger partial charge in [-0.25, -0.2) is 0 Å². The third-order valence-corrected chi connectivity index (χ3v) is 3.66. The van der Waals surface area contributed by atoms with Crippen LogP contribution in [0.15, 0.2) is 12.3 Å². The number of hydrogen-bond donors (Lipinski definition) is 1. The number of methoxy groups -OCH3 is 1. The zero-order valence-electron chi connectivity index (χ0n) is 10.9. The lowest BCUT2D eigenvalue weighted by Crippen LogP contribution is -1.99. The number of hydrogen-bond acceptors (Lipinski definition) is 3. The van der Waals surface area contributed by atoms with Gasteiger partial charge in [-0.3, -0.25) is 4.68 Å². The third-order valence-electron chi connectivity index (χ3n) is 3.20. The number of benzene rings is 1. The summed E-state index contributed by atoms with van der Waals surface area (Å²) in [5, 5.41) is 4.76. The molecule has 0 bridgehead atoms. The van der Waals surface area contributed by atoms with Crippen molar-refractivity contribution in [2.24, 2.45) is 7.05 Å². The second-order valence-electron chi connectivity index (χ2n) is 4.28. The van der Waals surface area contributed by atoms with Crippen molar-refractivity contribution in [3.05, 3.63) is 28.4 Å². The minimum atomic E-state index is 0.590. The van der Waals surface area contributed by atoms with Gasteiger partial charge in [0.2, 0.25) is 0 Å². The van der Waals surface area contributed by atoms with Crippen molar-refractivity contribution in [2.75, 3.05) is 12.8 Å². The molecule has 2 N–H and O–H groups in total. The quantitative estimate of drug-likeness (QED) is 0.908. The van der Waals surface area contributed by atoms with Crippen LogP contribution in [0.4, 0.5) is 5.82 Å². The number of anilines is 1. The molecule has 0 spiro atoms. The normalized spacial score (nSPS) is 10.7. The molecule has 18 heavy (non-hydrogen) atoms. The largest absolute Gasteiger partial charge is 0.495 e. The van der Waals surface area contributed by atoms with Gasteiger partial charge in [-0.2, -0.15) is 5.10 Å². The molecule has 0 aliphatic carbocycles. The molecule has 1 heterocycles. The summed E-state index contributed by atoms with van der Waals surface area (Å²) < 4.78 is 7.03. The highest BCUT2D eigenvalue weighted by atomic mass is 35.5. The topological polar surface area (TPSA) is 53.1 Å². The van der Waals surface area contributed by atoms with Crippen molar-refractivity contribution in [2.45, 2.75) is 13.8 Å². The first-order valence-corrected chi connectivity index (χ1v) is 5.96. The van der Waals surface area contributed by atoms with Gasteiger partial charge in [0.05, 0.1) is 18.3 Å². The minimum Gasteiger partial charge on any atom is -0.495 e. The lowest BCUT2D eigenvalue weighted by Gasteiger charge is -2.14. The predicted octanol–water partition coefficient (Wildman–Crippen LogP) is 2.95. The van der Waals surface area contributed by atoms with Crippen LogP contribution in [0.1, 0.15) is 11.1 Å². The molecule has 2 rings (SSSR count). The molecule has 0 amide bonds. The van der Waals surface area contributed by atoms with E-state index in [4.69, 9.17) is 22.1 Å². The standard InChI is InChI=1S/C13H16ClN3O/c1-7-5-9(10-6-16-17(3)13(10)15)12(18-4)11(14)8(7)2/h5-6H,15H2,1-4H3. The molecular formula is C13H16ClN3O. The van der Waals surface area contributed by atoms with E-state index in [1.165, 1.54) is 0 Å². The molecule has 0 saturated carbocycles. The Morgan fingerprint density at radius 3 is 2.50 bits per heavy atom. The van der Waals surface area contributed by atoms with Gasteiger partial charge in [0.25, 0.3) is 0 Å². The van der Waals surface area contributed by atoms with Crippen LogP contribution in [-0.4, -0.2) is 16.9 Å². The Morgan fingerprint density at radius 2 is 2.00 bits per heavy atom. The number of nitrogens with two attached hydrogens (primary N) is 1. The molecule has 0 atom stereocenters. The van der Waals surface area contributed by atoms with Gasteiger partial charge < -0.3 is 10.5 Å². The van der Waals surface area contributed by atoms with Crippen molar-refractivity contribution in [3.8, 4) is 16.9 Å². The van der Waals surface area contributed by atoms with Crippen LogP contribution in [0.2, 0.25) is 5.02 Å². The van der Waals surface area contributed by atoms with Gasteiger partial charge in [0.1, 0.15) is 11.6 Å². The van der Waals surface area contributed by atoms with E-state index in [-0.39, 0.29) is 0 Å². The maximum absolute atomic E-state index is 6.32. The Balaban J connectivity index is 2.75. The van der Waals surface area contributed by atoms with Crippen LogP contribution in [0, 0.1) is 13.8 Å². The highest BCUT2D eigenvalue weighted by molar-refractivity contribution is 6.33. The van der Waals surface area contributed by atoms with Crippen molar-refractivity contribution in [1.82, 2.24) is 9.78 Å². The Hall–Kier alpha value is -1.68. The average Bonchev–Trinajstić information content (AvgIpc) is 2.67. The third kappa shape index (κ3) is 1.82. The number of ether oxygens (including phenoxy) is 1. The summed E-state index contributed by atoms with van der Waals surface area (Å²) in [4.78, 5) is 0. The maximum Gasteiger partial charge on any atom is 0.145 e. The molecule has 0 aliphatic heterocycles. The Kier molecular flexibility index (Phi) is 3.22. The van der Waals surface area contributed by atoms with Gasteiger partial charge in [-0.15, -0.1) is 0 Å². The van der Waals surface area contributed by atoms with Crippen molar-refractivity contribution in [3.63, 3.8) is 0 Å². The fourth-order valence-electron chi connectivity index (χ4n) is 1.91. The lowest BCUT2D eigenvalue weighted by atomic mass is 10.0. The highest BCUT2D eigenvalue weighted by Crippen LogP contribution is 2.41. The summed E-state index contributed by atoms with van der Waals surface area (Å²) >= 11 is 6.32. The lowest BCUT2D eigenvalue weighted by molar-refractivity contribution is 0.416. The molecule has 2 aromatic rings. The summed E-state index contributed by atoms with van der Waals surface area (Å²) in [7, 11) is 3.40. The summed E-state index contributed by atoms with van der Waals surface area (Å²) in [5.41, 5.74) is 9.81. The first kappa shape index (κ1) is 12.8. The van der Waals surface area contributed by atoms with Crippen LogP contribution in [0.3, 0.4) is 0 Å². The predicted molar refractivity (Wildman–Crippen MR) is 74.1 cm³/mol. The summed E-state index contributed by atoms with van der Waals surface area (Å²) in [6.45, 7) is 3.98. The smallest absolute Gasteiger partial charge is 0.145 e. The Bertz CT molecular complexity index is 605. The molecule has 0 aliphatic rings. The number of nitrogen functional groups attached to an aromatic ring is 1. The maximum atomic E-state index is 6.32. The Labute approximate surface area is 111 Å². The summed E-state index contributed by atoms with van der Waals surface area (Å²) in [6.07, 6.45) is 1.72. The molecule has 0 unspecified atom stereocenters. The van der Waals surface area contributed by atoms with E-state index in [0.29, 0.717) is 16.6 Å². The molecule has 5 heteroatoms. The molecule has 1 aromatic carbocycles. The molecule has 0 fully saturated rings. The second kappa shape index (κ2) is 4.53. The van der Waals surface area contributed by atoms with Crippen LogP contribution in [0.25, 0.3) is 11.1 Å². The zero-order valence-corrected chi connectivity index (χ0v) is 11.7. The number of aromatic nitrogens is 2. The SMILES string of the molecule is COc1c(-c2cnn(C)c2N)cc(C)c(C)c1Cl. The van der Waals surface area contributed by atoms with Gasteiger partial charge >= 0.3 is 0 Å². The number of rotatable bonds is 2. The monoisotopic (exact) mass is 265 g/mol. The second-order valence-corrected chi connectivity index (χ2v) is 4.66. The molecule has 0 radical (unpaired) electrons. The summed E-state index contributed by atoms with van der Waals surface area (Å²) in [5.74, 6) is 1.23.